The van der Waals surface area contributed by atoms with E-state index in [1.165, 1.54) is 0 Å². The van der Waals surface area contributed by atoms with Crippen molar-refractivity contribution >= 4 is 11.6 Å². The van der Waals surface area contributed by atoms with Gasteiger partial charge in [-0.25, -0.2) is 4.99 Å². The third kappa shape index (κ3) is 2.52. The van der Waals surface area contributed by atoms with Gasteiger partial charge in [0.15, 0.2) is 5.96 Å². The van der Waals surface area contributed by atoms with Crippen LogP contribution in [0.4, 0.5) is 5.69 Å². The molecule has 17 heavy (non-hydrogen) atoms. The fraction of sp³-hybridized carbons (Fsp3) is 0. The summed E-state index contributed by atoms with van der Waals surface area (Å²) >= 11 is 0. The number of aliphatic imine (C=N–C) groups is 1. The van der Waals surface area contributed by atoms with Gasteiger partial charge in [0, 0.05) is 11.8 Å². The Labute approximate surface area is 98.4 Å². The number of hydrogen-bond acceptors (Lipinski definition) is 3. The van der Waals surface area contributed by atoms with Crippen LogP contribution in [0, 0.1) is 0 Å². The number of rotatable bonds is 2. The number of benzene rings is 1. The molecule has 5 nitrogen and oxygen atoms in total. The van der Waals surface area contributed by atoms with Gasteiger partial charge in [0.1, 0.15) is 11.4 Å². The minimum absolute atomic E-state index is 0.00704. The van der Waals surface area contributed by atoms with Gasteiger partial charge in [0.25, 0.3) is 0 Å². The van der Waals surface area contributed by atoms with Crippen LogP contribution >= 0.6 is 0 Å². The van der Waals surface area contributed by atoms with E-state index in [1.807, 2.05) is 6.07 Å². The number of pyridine rings is 1. The number of nitrogens with two attached hydrogens (primary N) is 2. The summed E-state index contributed by atoms with van der Waals surface area (Å²) in [7, 11) is 0. The van der Waals surface area contributed by atoms with E-state index in [-0.39, 0.29) is 11.7 Å². The van der Waals surface area contributed by atoms with Crippen molar-refractivity contribution in [1.29, 1.82) is 0 Å². The van der Waals surface area contributed by atoms with Crippen LogP contribution in [0.3, 0.4) is 0 Å². The smallest absolute Gasteiger partial charge is 0.191 e. The van der Waals surface area contributed by atoms with Crippen LogP contribution < -0.4 is 11.5 Å². The van der Waals surface area contributed by atoms with E-state index in [1.54, 1.807) is 36.5 Å². The van der Waals surface area contributed by atoms with Gasteiger partial charge in [0.05, 0.1) is 5.69 Å². The molecule has 0 aliphatic heterocycles. The van der Waals surface area contributed by atoms with Crippen molar-refractivity contribution in [3.63, 3.8) is 0 Å². The third-order valence-corrected chi connectivity index (χ3v) is 2.16. The van der Waals surface area contributed by atoms with Crippen LogP contribution in [0.15, 0.2) is 47.6 Å². The van der Waals surface area contributed by atoms with E-state index in [2.05, 4.69) is 9.98 Å². The Kier molecular flexibility index (Phi) is 2.91. The number of guanidine groups is 1. The van der Waals surface area contributed by atoms with Gasteiger partial charge >= 0.3 is 0 Å². The molecule has 0 atom stereocenters. The van der Waals surface area contributed by atoms with Gasteiger partial charge in [0.2, 0.25) is 0 Å². The summed E-state index contributed by atoms with van der Waals surface area (Å²) in [5.41, 5.74) is 12.5. The lowest BCUT2D eigenvalue weighted by Gasteiger charge is -2.04. The summed E-state index contributed by atoms with van der Waals surface area (Å²) in [6.07, 6.45) is 1.61. The molecule has 0 aliphatic carbocycles. The zero-order valence-electron chi connectivity index (χ0n) is 9.04. The van der Waals surface area contributed by atoms with Crippen molar-refractivity contribution in [2.45, 2.75) is 0 Å². The van der Waals surface area contributed by atoms with Crippen molar-refractivity contribution in [2.24, 2.45) is 16.5 Å². The van der Waals surface area contributed by atoms with E-state index in [9.17, 15) is 5.11 Å². The Bertz CT molecular complexity index is 562. The monoisotopic (exact) mass is 228 g/mol. The lowest BCUT2D eigenvalue weighted by atomic mass is 10.1. The molecule has 0 unspecified atom stereocenters. The Balaban J connectivity index is 2.47. The molecule has 0 amide bonds. The Morgan fingerprint density at radius 3 is 2.71 bits per heavy atom. The van der Waals surface area contributed by atoms with Crippen molar-refractivity contribution in [2.75, 3.05) is 0 Å². The Hall–Kier alpha value is -2.56. The molecule has 1 heterocycles. The van der Waals surface area contributed by atoms with E-state index < -0.39 is 0 Å². The fourth-order valence-corrected chi connectivity index (χ4v) is 1.49. The zero-order chi connectivity index (χ0) is 12.3. The number of hydrogen-bond donors (Lipinski definition) is 3. The van der Waals surface area contributed by atoms with Crippen LogP contribution in [-0.4, -0.2) is 16.1 Å². The molecule has 1 aromatic heterocycles. The lowest BCUT2D eigenvalue weighted by Crippen LogP contribution is -2.21. The Morgan fingerprint density at radius 1 is 1.18 bits per heavy atom. The molecule has 86 valence electrons. The molecule has 2 aromatic rings. The lowest BCUT2D eigenvalue weighted by molar-refractivity contribution is 0.475. The molecule has 5 N–H and O–H groups in total. The first-order valence-corrected chi connectivity index (χ1v) is 5.01. The summed E-state index contributed by atoms with van der Waals surface area (Å²) in [4.78, 5) is 8.05. The van der Waals surface area contributed by atoms with Gasteiger partial charge in [-0.15, -0.1) is 0 Å². The average Bonchev–Trinajstić information content (AvgIpc) is 2.29. The zero-order valence-corrected chi connectivity index (χ0v) is 9.04. The molecule has 1 aromatic carbocycles. The topological polar surface area (TPSA) is 97.5 Å². The molecule has 2 rings (SSSR count). The van der Waals surface area contributed by atoms with E-state index in [0.29, 0.717) is 11.4 Å². The van der Waals surface area contributed by atoms with E-state index in [4.69, 9.17) is 11.5 Å². The molecule has 0 fully saturated rings. The summed E-state index contributed by atoms with van der Waals surface area (Å²) in [6.45, 7) is 0. The highest BCUT2D eigenvalue weighted by molar-refractivity contribution is 5.80. The summed E-state index contributed by atoms with van der Waals surface area (Å²) in [5.74, 6) is 0.113. The van der Waals surface area contributed by atoms with Crippen molar-refractivity contribution in [3.05, 3.63) is 42.6 Å². The molecular weight excluding hydrogens is 216 g/mol. The standard InChI is InChI=1S/C12H12N4O/c13-12(14)16-9-4-1-3-8(7-9)11-10(17)5-2-6-15-11/h1-7,17H,(H4,13,14,16). The number of nitrogens with zero attached hydrogens (tertiary/aromatic N) is 2. The van der Waals surface area contributed by atoms with Crippen LogP contribution in [0.5, 0.6) is 5.75 Å². The van der Waals surface area contributed by atoms with Crippen molar-refractivity contribution in [3.8, 4) is 17.0 Å². The first kappa shape index (κ1) is 10.9. The van der Waals surface area contributed by atoms with E-state index >= 15 is 0 Å². The molecule has 0 saturated heterocycles. The van der Waals surface area contributed by atoms with Crippen molar-refractivity contribution in [1.82, 2.24) is 4.98 Å². The maximum absolute atomic E-state index is 9.69. The van der Waals surface area contributed by atoms with Crippen LogP contribution in [-0.2, 0) is 0 Å². The quantitative estimate of drug-likeness (QED) is 0.534. The molecule has 0 bridgehead atoms. The number of aromatic nitrogens is 1. The highest BCUT2D eigenvalue weighted by atomic mass is 16.3. The fourth-order valence-electron chi connectivity index (χ4n) is 1.49. The van der Waals surface area contributed by atoms with Gasteiger partial charge < -0.3 is 16.6 Å². The maximum Gasteiger partial charge on any atom is 0.191 e. The first-order chi connectivity index (χ1) is 8.16. The minimum Gasteiger partial charge on any atom is -0.506 e. The second-order valence-electron chi connectivity index (χ2n) is 3.46. The van der Waals surface area contributed by atoms with E-state index in [0.717, 1.165) is 5.56 Å². The molecule has 5 heteroatoms. The molecule has 0 spiro atoms. The van der Waals surface area contributed by atoms with Crippen LogP contribution in [0.1, 0.15) is 0 Å². The normalized spacial score (nSPS) is 9.88. The number of aromatic hydroxyl groups is 1. The summed E-state index contributed by atoms with van der Waals surface area (Å²) in [6, 6.07) is 10.4. The predicted molar refractivity (Wildman–Crippen MR) is 66.8 cm³/mol. The average molecular weight is 228 g/mol. The third-order valence-electron chi connectivity index (χ3n) is 2.16. The van der Waals surface area contributed by atoms with Crippen molar-refractivity contribution < 1.29 is 5.11 Å². The maximum atomic E-state index is 9.69. The predicted octanol–water partition coefficient (Wildman–Crippen LogP) is 1.36. The molecule has 0 saturated carbocycles. The SMILES string of the molecule is NC(N)=Nc1cccc(-c2ncccc2O)c1. The highest BCUT2D eigenvalue weighted by Gasteiger charge is 2.05. The van der Waals surface area contributed by atoms with Gasteiger partial charge in [-0.1, -0.05) is 12.1 Å². The minimum atomic E-state index is -0.00704. The van der Waals surface area contributed by atoms with Crippen LogP contribution in [0.25, 0.3) is 11.3 Å². The second-order valence-corrected chi connectivity index (χ2v) is 3.46. The highest BCUT2D eigenvalue weighted by Crippen LogP contribution is 2.28. The summed E-state index contributed by atoms with van der Waals surface area (Å²) < 4.78 is 0. The molecule has 0 aliphatic rings. The van der Waals surface area contributed by atoms with Crippen LogP contribution in [0.2, 0.25) is 0 Å². The largest absolute Gasteiger partial charge is 0.506 e. The molecular formula is C12H12N4O. The van der Waals surface area contributed by atoms with Gasteiger partial charge in [-0.2, -0.15) is 0 Å². The van der Waals surface area contributed by atoms with Gasteiger partial charge in [-0.05, 0) is 24.3 Å². The molecule has 0 radical (unpaired) electrons. The summed E-state index contributed by atoms with van der Waals surface area (Å²) in [5, 5.41) is 9.69. The van der Waals surface area contributed by atoms with Gasteiger partial charge in [-0.3, -0.25) is 4.98 Å². The Morgan fingerprint density at radius 2 is 2.00 bits per heavy atom. The first-order valence-electron chi connectivity index (χ1n) is 5.01. The second kappa shape index (κ2) is 4.52.